The van der Waals surface area contributed by atoms with Gasteiger partial charge in [-0.15, -0.1) is 0 Å². The average molecular weight is 397 g/mol. The van der Waals surface area contributed by atoms with E-state index in [0.717, 1.165) is 6.07 Å². The van der Waals surface area contributed by atoms with Crippen LogP contribution in [0.1, 0.15) is 27.0 Å². The van der Waals surface area contributed by atoms with Crippen LogP contribution >= 0.6 is 0 Å². The van der Waals surface area contributed by atoms with E-state index in [0.29, 0.717) is 16.0 Å². The molecule has 1 N–H and O–H groups in total. The van der Waals surface area contributed by atoms with Gasteiger partial charge in [0.05, 0.1) is 22.5 Å². The third-order valence-electron chi connectivity index (χ3n) is 4.53. The Morgan fingerprint density at radius 2 is 1.79 bits per heavy atom. The summed E-state index contributed by atoms with van der Waals surface area (Å²) >= 11 is 0. The molecule has 0 saturated heterocycles. The van der Waals surface area contributed by atoms with E-state index in [1.807, 2.05) is 0 Å². The first-order valence-electron chi connectivity index (χ1n) is 8.66. The maximum atomic E-state index is 13.4. The molecule has 5 nitrogen and oxygen atoms in total. The molecular weight excluding hydrogens is 383 g/mol. The van der Waals surface area contributed by atoms with Crippen LogP contribution < -0.4 is 5.49 Å². The molecule has 2 heterocycles. The van der Waals surface area contributed by atoms with Crippen molar-refractivity contribution in [3.8, 4) is 0 Å². The van der Waals surface area contributed by atoms with Crippen LogP contribution in [0.15, 0.2) is 76.8 Å². The first-order chi connectivity index (χ1) is 13.8. The molecule has 0 saturated carbocycles. The summed E-state index contributed by atoms with van der Waals surface area (Å²) in [6, 6.07) is 14.7. The predicted molar refractivity (Wildman–Crippen MR) is 99.3 cm³/mol. The number of benzene rings is 2. The zero-order valence-electron chi connectivity index (χ0n) is 14.9. The van der Waals surface area contributed by atoms with E-state index in [9.17, 15) is 23.2 Å². The molecule has 0 aliphatic carbocycles. The van der Waals surface area contributed by atoms with Crippen molar-refractivity contribution in [1.82, 2.24) is 4.73 Å². The number of fused-ring (bicyclic) bond motifs is 1. The van der Waals surface area contributed by atoms with Gasteiger partial charge in [0.15, 0.2) is 5.49 Å². The molecule has 0 bridgehead atoms. The minimum Gasteiger partial charge on any atom is -0.427 e. The standard InChI is InChI=1S/C21H14F3N3O2/c22-21(23,24)16-9-2-1-7-14(16)17-12-13-6-5-8-15(19(13)25-17)20(28)26-18-10-3-4-11-27(18)29/h1-11,29H,12H2. The van der Waals surface area contributed by atoms with Crippen LogP contribution in [-0.2, 0) is 12.6 Å². The molecule has 2 aromatic carbocycles. The number of alkyl halides is 3. The Balaban J connectivity index is 1.78. The van der Waals surface area contributed by atoms with Crippen LogP contribution in [0.2, 0.25) is 0 Å². The zero-order valence-corrected chi connectivity index (χ0v) is 14.9. The monoisotopic (exact) mass is 397 g/mol. The van der Waals surface area contributed by atoms with Gasteiger partial charge in [0.1, 0.15) is 0 Å². The van der Waals surface area contributed by atoms with E-state index in [4.69, 9.17) is 0 Å². The Morgan fingerprint density at radius 3 is 2.55 bits per heavy atom. The Bertz CT molecular complexity index is 1210. The summed E-state index contributed by atoms with van der Waals surface area (Å²) in [4.78, 5) is 20.9. The van der Waals surface area contributed by atoms with Crippen molar-refractivity contribution in [1.29, 1.82) is 0 Å². The molecule has 146 valence electrons. The van der Waals surface area contributed by atoms with Crippen LogP contribution in [0, 0.1) is 0 Å². The molecule has 1 aliphatic heterocycles. The van der Waals surface area contributed by atoms with E-state index < -0.39 is 17.6 Å². The molecule has 29 heavy (non-hydrogen) atoms. The molecule has 0 atom stereocenters. The fraction of sp³-hybridized carbons (Fsp3) is 0.0952. The fourth-order valence-electron chi connectivity index (χ4n) is 3.21. The van der Waals surface area contributed by atoms with Gasteiger partial charge >= 0.3 is 6.18 Å². The third-order valence-corrected chi connectivity index (χ3v) is 4.53. The van der Waals surface area contributed by atoms with Gasteiger partial charge in [-0.2, -0.15) is 22.9 Å². The molecule has 0 unspecified atom stereocenters. The van der Waals surface area contributed by atoms with Gasteiger partial charge in [-0.1, -0.05) is 36.4 Å². The summed E-state index contributed by atoms with van der Waals surface area (Å²) in [7, 11) is 0. The van der Waals surface area contributed by atoms with Crippen LogP contribution in [0.25, 0.3) is 0 Å². The summed E-state index contributed by atoms with van der Waals surface area (Å²) in [6.45, 7) is 0. The number of carbonyl (C=O) groups is 1. The number of rotatable bonds is 2. The maximum absolute atomic E-state index is 13.4. The van der Waals surface area contributed by atoms with Gasteiger partial charge in [-0.05, 0) is 29.8 Å². The summed E-state index contributed by atoms with van der Waals surface area (Å²) < 4.78 is 40.8. The quantitative estimate of drug-likeness (QED) is 0.660. The lowest BCUT2D eigenvalue weighted by molar-refractivity contribution is -0.137. The number of amides is 1. The summed E-state index contributed by atoms with van der Waals surface area (Å²) in [5.41, 5.74) is 0.588. The number of carbonyl (C=O) groups excluding carboxylic acids is 1. The number of aromatic nitrogens is 1. The van der Waals surface area contributed by atoms with E-state index in [-0.39, 0.29) is 28.7 Å². The van der Waals surface area contributed by atoms with Gasteiger partial charge < -0.3 is 5.21 Å². The average Bonchev–Trinajstić information content (AvgIpc) is 3.13. The Labute approximate surface area is 163 Å². The lowest BCUT2D eigenvalue weighted by atomic mass is 9.98. The van der Waals surface area contributed by atoms with E-state index in [1.165, 1.54) is 36.5 Å². The van der Waals surface area contributed by atoms with Crippen molar-refractivity contribution in [2.24, 2.45) is 9.98 Å². The molecule has 0 radical (unpaired) electrons. The topological polar surface area (TPSA) is 67.0 Å². The predicted octanol–water partition coefficient (Wildman–Crippen LogP) is 4.16. The minimum absolute atomic E-state index is 0.0113. The van der Waals surface area contributed by atoms with Crippen molar-refractivity contribution in [3.05, 3.63) is 94.6 Å². The molecule has 4 rings (SSSR count). The van der Waals surface area contributed by atoms with Gasteiger partial charge in [-0.3, -0.25) is 9.79 Å². The largest absolute Gasteiger partial charge is 0.427 e. The fourth-order valence-corrected chi connectivity index (χ4v) is 3.21. The lowest BCUT2D eigenvalue weighted by Gasteiger charge is -2.12. The SMILES string of the molecule is O=C(N=c1ccccn1O)c1cccc2c1N=C(c1ccccc1C(F)(F)F)C2. The van der Waals surface area contributed by atoms with Crippen molar-refractivity contribution >= 4 is 17.3 Å². The summed E-state index contributed by atoms with van der Waals surface area (Å²) in [5, 5.41) is 9.73. The molecule has 1 aliphatic rings. The number of nitrogens with zero attached hydrogens (tertiary/aromatic N) is 3. The smallest absolute Gasteiger partial charge is 0.417 e. The zero-order chi connectivity index (χ0) is 20.6. The molecule has 3 aromatic rings. The Hall–Kier alpha value is -3.68. The Morgan fingerprint density at radius 1 is 1.03 bits per heavy atom. The number of hydrogen-bond acceptors (Lipinski definition) is 3. The van der Waals surface area contributed by atoms with Gasteiger partial charge in [0.2, 0.25) is 0 Å². The summed E-state index contributed by atoms with van der Waals surface area (Å²) in [5.74, 6) is -0.648. The molecule has 0 fully saturated rings. The van der Waals surface area contributed by atoms with Crippen molar-refractivity contribution < 1.29 is 23.2 Å². The highest BCUT2D eigenvalue weighted by atomic mass is 19.4. The molecule has 8 heteroatoms. The number of pyridine rings is 1. The van der Waals surface area contributed by atoms with Crippen molar-refractivity contribution in [3.63, 3.8) is 0 Å². The molecule has 0 spiro atoms. The normalized spacial score (nSPS) is 13.9. The second kappa shape index (κ2) is 7.05. The molecular formula is C21H14F3N3O2. The van der Waals surface area contributed by atoms with Crippen LogP contribution in [0.5, 0.6) is 0 Å². The number of aliphatic imine (C=N–C) groups is 1. The van der Waals surface area contributed by atoms with E-state index in [2.05, 4.69) is 9.98 Å². The first-order valence-corrected chi connectivity index (χ1v) is 8.66. The molecule has 1 aromatic heterocycles. The third kappa shape index (κ3) is 3.56. The minimum atomic E-state index is -4.51. The van der Waals surface area contributed by atoms with Crippen molar-refractivity contribution in [2.45, 2.75) is 12.6 Å². The van der Waals surface area contributed by atoms with Gasteiger partial charge in [-0.25, -0.2) is 0 Å². The first kappa shape index (κ1) is 18.7. The van der Waals surface area contributed by atoms with E-state index >= 15 is 0 Å². The van der Waals surface area contributed by atoms with Crippen LogP contribution in [-0.4, -0.2) is 21.6 Å². The van der Waals surface area contributed by atoms with Crippen molar-refractivity contribution in [2.75, 3.05) is 0 Å². The highest BCUT2D eigenvalue weighted by molar-refractivity contribution is 6.11. The highest BCUT2D eigenvalue weighted by Crippen LogP contribution is 2.37. The second-order valence-corrected chi connectivity index (χ2v) is 6.41. The Kier molecular flexibility index (Phi) is 4.54. The number of hydrogen-bond donors (Lipinski definition) is 1. The van der Waals surface area contributed by atoms with Gasteiger partial charge in [0.25, 0.3) is 5.91 Å². The molecule has 1 amide bonds. The maximum Gasteiger partial charge on any atom is 0.417 e. The lowest BCUT2D eigenvalue weighted by Crippen LogP contribution is -2.19. The number of halogens is 3. The second-order valence-electron chi connectivity index (χ2n) is 6.41. The van der Waals surface area contributed by atoms with Gasteiger partial charge in [0, 0.05) is 18.2 Å². The van der Waals surface area contributed by atoms with Crippen LogP contribution in [0.4, 0.5) is 18.9 Å². The number of para-hydroxylation sites is 1. The summed E-state index contributed by atoms with van der Waals surface area (Å²) in [6.07, 6.45) is -3.01. The highest BCUT2D eigenvalue weighted by Gasteiger charge is 2.35. The van der Waals surface area contributed by atoms with E-state index in [1.54, 1.807) is 24.3 Å². The van der Waals surface area contributed by atoms with Crippen LogP contribution in [0.3, 0.4) is 0 Å².